The number of carbonyl (C=O) groups excluding carboxylic acids is 4. The van der Waals surface area contributed by atoms with Gasteiger partial charge in [0.2, 0.25) is 17.7 Å². The van der Waals surface area contributed by atoms with E-state index in [4.69, 9.17) is 9.47 Å². The minimum Gasteiger partial charge on any atom is -0.497 e. The Morgan fingerprint density at radius 1 is 0.727 bits per heavy atom. The van der Waals surface area contributed by atoms with Gasteiger partial charge in [-0.1, -0.05) is 72.8 Å². The van der Waals surface area contributed by atoms with Crippen LogP contribution in [0.5, 0.6) is 5.75 Å². The van der Waals surface area contributed by atoms with Crippen LogP contribution in [-0.2, 0) is 43.2 Å². The second kappa shape index (κ2) is 18.1. The largest absolute Gasteiger partial charge is 0.497 e. The van der Waals surface area contributed by atoms with Crippen LogP contribution in [0, 0.1) is 0 Å². The first-order valence-electron chi connectivity index (χ1n) is 18.0. The van der Waals surface area contributed by atoms with Crippen molar-refractivity contribution in [2.24, 2.45) is 0 Å². The third-order valence-corrected chi connectivity index (χ3v) is 8.88. The van der Waals surface area contributed by atoms with Crippen LogP contribution in [0.3, 0.4) is 0 Å². The number of aliphatic carboxylic acids is 1. The Hall–Kier alpha value is -6.37. The van der Waals surface area contributed by atoms with Crippen LogP contribution in [0.2, 0.25) is 0 Å². The number of aromatic nitrogens is 1. The molecule has 6 N–H and O–H groups in total. The fourth-order valence-corrected chi connectivity index (χ4v) is 6.16. The van der Waals surface area contributed by atoms with Gasteiger partial charge in [0.15, 0.2) is 0 Å². The summed E-state index contributed by atoms with van der Waals surface area (Å²) in [6.45, 7) is 5.29. The van der Waals surface area contributed by atoms with Gasteiger partial charge < -0.3 is 40.8 Å². The minimum atomic E-state index is -1.45. The van der Waals surface area contributed by atoms with E-state index in [2.05, 4.69) is 26.3 Å². The van der Waals surface area contributed by atoms with Crippen LogP contribution in [0.1, 0.15) is 43.9 Å². The number of fused-ring (bicyclic) bond motifs is 2. The summed E-state index contributed by atoms with van der Waals surface area (Å²) in [7, 11) is 1.56. The molecule has 0 aliphatic rings. The Kier molecular flexibility index (Phi) is 13.1. The van der Waals surface area contributed by atoms with Gasteiger partial charge in [0.25, 0.3) is 0 Å². The lowest BCUT2D eigenvalue weighted by Crippen LogP contribution is -2.58. The van der Waals surface area contributed by atoms with E-state index in [0.29, 0.717) is 17.7 Å². The molecule has 0 aliphatic heterocycles. The number of nitrogens with one attached hydrogen (secondary N) is 5. The van der Waals surface area contributed by atoms with Crippen LogP contribution >= 0.6 is 0 Å². The van der Waals surface area contributed by atoms with E-state index >= 15 is 0 Å². The number of benzene rings is 4. The smallest absolute Gasteiger partial charge is 0.408 e. The quantitative estimate of drug-likeness (QED) is 0.0829. The lowest BCUT2D eigenvalue weighted by atomic mass is 9.99. The van der Waals surface area contributed by atoms with Crippen LogP contribution in [0.15, 0.2) is 97.2 Å². The SMILES string of the molecule is COc1ccc(CCNC(=O)[C@H](CC(=O)O)NC(=O)[C@H](Cc2ccc3ccccc3c2)NC(=O)[C@H](Cc2c[nH]c3ccccc23)NC(=O)OC(C)(C)C)cc1. The number of alkyl carbamates (subject to hydrolysis) is 1. The average molecular weight is 750 g/mol. The third-order valence-electron chi connectivity index (χ3n) is 8.88. The molecule has 13 heteroatoms. The van der Waals surface area contributed by atoms with Crippen molar-refractivity contribution in [1.82, 2.24) is 26.3 Å². The maximum absolute atomic E-state index is 14.2. The predicted molar refractivity (Wildman–Crippen MR) is 209 cm³/mol. The monoisotopic (exact) mass is 749 g/mol. The highest BCUT2D eigenvalue weighted by molar-refractivity contribution is 5.96. The fourth-order valence-electron chi connectivity index (χ4n) is 6.16. The number of para-hydroxylation sites is 1. The Labute approximate surface area is 319 Å². The molecule has 5 rings (SSSR count). The first kappa shape index (κ1) is 39.8. The number of rotatable bonds is 16. The molecule has 4 amide bonds. The standard InChI is InChI=1S/C42H47N5O8/c1-42(2,3)55-41(53)47-35(23-30-25-44-33-12-8-7-11-32(30)33)40(52)45-34(22-27-13-16-28-9-5-6-10-29(28)21-27)39(51)46-36(24-37(48)49)38(50)43-20-19-26-14-17-31(54-4)18-15-26/h5-18,21,25,34-36,44H,19-20,22-24H2,1-4H3,(H,43,50)(H,45,52)(H,46,51)(H,47,53)(H,48,49)/t34-,35-,36-/m0/s1. The summed E-state index contributed by atoms with van der Waals surface area (Å²) < 4.78 is 10.7. The molecule has 13 nitrogen and oxygen atoms in total. The van der Waals surface area contributed by atoms with Gasteiger partial charge in [-0.15, -0.1) is 0 Å². The Morgan fingerprint density at radius 2 is 1.36 bits per heavy atom. The van der Waals surface area contributed by atoms with E-state index in [1.54, 1.807) is 46.2 Å². The van der Waals surface area contributed by atoms with E-state index in [1.165, 1.54) is 0 Å². The number of aromatic amines is 1. The van der Waals surface area contributed by atoms with Gasteiger partial charge in [0.1, 0.15) is 29.5 Å². The molecule has 55 heavy (non-hydrogen) atoms. The number of carbonyl (C=O) groups is 5. The number of methoxy groups -OCH3 is 1. The molecule has 0 bridgehead atoms. The summed E-state index contributed by atoms with van der Waals surface area (Å²) >= 11 is 0. The van der Waals surface area contributed by atoms with Gasteiger partial charge in [-0.3, -0.25) is 19.2 Å². The van der Waals surface area contributed by atoms with Gasteiger partial charge in [-0.05, 0) is 72.9 Å². The van der Waals surface area contributed by atoms with Crippen molar-refractivity contribution in [3.63, 3.8) is 0 Å². The number of ether oxygens (including phenoxy) is 2. The average Bonchev–Trinajstić information content (AvgIpc) is 3.55. The molecule has 0 fully saturated rings. The molecule has 1 heterocycles. The van der Waals surface area contributed by atoms with E-state index in [9.17, 15) is 29.1 Å². The molecule has 0 saturated heterocycles. The van der Waals surface area contributed by atoms with E-state index in [0.717, 1.165) is 32.8 Å². The van der Waals surface area contributed by atoms with Crippen LogP contribution in [0.25, 0.3) is 21.7 Å². The zero-order valence-corrected chi connectivity index (χ0v) is 31.3. The Bertz CT molecular complexity index is 2140. The Morgan fingerprint density at radius 3 is 2.05 bits per heavy atom. The normalized spacial score (nSPS) is 12.9. The zero-order chi connectivity index (χ0) is 39.5. The van der Waals surface area contributed by atoms with Crippen molar-refractivity contribution >= 4 is 51.5 Å². The third kappa shape index (κ3) is 11.6. The molecule has 1 aromatic heterocycles. The van der Waals surface area contributed by atoms with Crippen molar-refractivity contribution in [2.45, 2.75) is 70.2 Å². The summed E-state index contributed by atoms with van der Waals surface area (Å²) in [5, 5.41) is 23.2. The number of amides is 4. The summed E-state index contributed by atoms with van der Waals surface area (Å²) in [5.41, 5.74) is 2.36. The highest BCUT2D eigenvalue weighted by atomic mass is 16.6. The summed E-state index contributed by atoms with van der Waals surface area (Å²) in [6.07, 6.45) is 0.735. The summed E-state index contributed by atoms with van der Waals surface area (Å²) in [5.74, 6) is -2.76. The van der Waals surface area contributed by atoms with E-state index < -0.39 is 59.9 Å². The first-order chi connectivity index (χ1) is 26.3. The fraction of sp³-hybridized carbons (Fsp3) is 0.310. The summed E-state index contributed by atoms with van der Waals surface area (Å²) in [4.78, 5) is 69.7. The molecule has 0 radical (unpaired) electrons. The van der Waals surface area contributed by atoms with Crippen molar-refractivity contribution in [3.05, 3.63) is 114 Å². The second-order valence-electron chi connectivity index (χ2n) is 14.3. The Balaban J connectivity index is 1.38. The van der Waals surface area contributed by atoms with E-state index in [-0.39, 0.29) is 19.4 Å². The molecule has 0 unspecified atom stereocenters. The molecular weight excluding hydrogens is 702 g/mol. The molecule has 4 aromatic carbocycles. The highest BCUT2D eigenvalue weighted by Gasteiger charge is 2.32. The lowest BCUT2D eigenvalue weighted by molar-refractivity contribution is -0.141. The van der Waals surface area contributed by atoms with Gasteiger partial charge in [-0.2, -0.15) is 0 Å². The van der Waals surface area contributed by atoms with Crippen LogP contribution < -0.4 is 26.0 Å². The van der Waals surface area contributed by atoms with Gasteiger partial charge in [0.05, 0.1) is 13.5 Å². The van der Waals surface area contributed by atoms with Crippen LogP contribution in [0.4, 0.5) is 4.79 Å². The van der Waals surface area contributed by atoms with Crippen molar-refractivity contribution in [3.8, 4) is 5.75 Å². The minimum absolute atomic E-state index is 0.00642. The van der Waals surface area contributed by atoms with Gasteiger partial charge in [0, 0.05) is 36.5 Å². The first-order valence-corrected chi connectivity index (χ1v) is 18.0. The predicted octanol–water partition coefficient (Wildman–Crippen LogP) is 4.81. The number of carboxylic acids is 1. The van der Waals surface area contributed by atoms with Crippen LogP contribution in [-0.4, -0.2) is 77.3 Å². The molecule has 0 saturated carbocycles. The molecule has 0 spiro atoms. The van der Waals surface area contributed by atoms with Crippen molar-refractivity contribution < 1.29 is 38.6 Å². The topological polar surface area (TPSA) is 188 Å². The molecular formula is C42H47N5O8. The second-order valence-corrected chi connectivity index (χ2v) is 14.3. The number of hydrogen-bond donors (Lipinski definition) is 6. The molecule has 3 atom stereocenters. The van der Waals surface area contributed by atoms with Gasteiger partial charge >= 0.3 is 12.1 Å². The number of H-pyrrole nitrogens is 1. The number of hydrogen-bond acceptors (Lipinski definition) is 7. The highest BCUT2D eigenvalue weighted by Crippen LogP contribution is 2.21. The zero-order valence-electron chi connectivity index (χ0n) is 31.3. The maximum Gasteiger partial charge on any atom is 0.408 e. The lowest BCUT2D eigenvalue weighted by Gasteiger charge is -2.26. The van der Waals surface area contributed by atoms with Crippen molar-refractivity contribution in [2.75, 3.05) is 13.7 Å². The molecule has 0 aliphatic carbocycles. The number of carboxylic acid groups (broad SMARTS) is 1. The van der Waals surface area contributed by atoms with E-state index in [1.807, 2.05) is 78.9 Å². The molecule has 288 valence electrons. The van der Waals surface area contributed by atoms with Gasteiger partial charge in [-0.25, -0.2) is 4.79 Å². The van der Waals surface area contributed by atoms with Crippen molar-refractivity contribution in [1.29, 1.82) is 0 Å². The molecule has 5 aromatic rings. The maximum atomic E-state index is 14.2. The summed E-state index contributed by atoms with van der Waals surface area (Å²) in [6, 6.07) is 24.2.